The van der Waals surface area contributed by atoms with Gasteiger partial charge in [-0.3, -0.25) is 0 Å². The van der Waals surface area contributed by atoms with Crippen LogP contribution in [0.25, 0.3) is 0 Å². The van der Waals surface area contributed by atoms with E-state index in [1.165, 1.54) is 0 Å². The van der Waals surface area contributed by atoms with E-state index in [1.54, 1.807) is 0 Å². The molecule has 0 amide bonds. The Morgan fingerprint density at radius 2 is 2.23 bits per heavy atom. The molecule has 1 fully saturated rings. The fourth-order valence-corrected chi connectivity index (χ4v) is 3.81. The van der Waals surface area contributed by atoms with Crippen molar-refractivity contribution in [3.8, 4) is 6.07 Å². The molecule has 1 aliphatic heterocycles. The molecule has 4 heteroatoms. The Morgan fingerprint density at radius 3 is 2.62 bits per heavy atom. The van der Waals surface area contributed by atoms with Crippen molar-refractivity contribution >= 4 is 9.84 Å². The topological polar surface area (TPSA) is 57.9 Å². The number of nitrogens with zero attached hydrogens (tertiary/aromatic N) is 1. The molecule has 0 saturated carbocycles. The first-order valence-electron chi connectivity index (χ1n) is 4.65. The SMILES string of the molecule is CCCCC1(C#N)CCS(=O)(=O)C1. The maximum Gasteiger partial charge on any atom is 0.151 e. The van der Waals surface area contributed by atoms with Gasteiger partial charge in [0.2, 0.25) is 0 Å². The van der Waals surface area contributed by atoms with Gasteiger partial charge in [-0.2, -0.15) is 5.26 Å². The van der Waals surface area contributed by atoms with Crippen molar-refractivity contribution in [2.24, 2.45) is 5.41 Å². The molecule has 1 heterocycles. The molecule has 1 rings (SSSR count). The van der Waals surface area contributed by atoms with Gasteiger partial charge in [0.15, 0.2) is 9.84 Å². The van der Waals surface area contributed by atoms with Crippen LogP contribution < -0.4 is 0 Å². The lowest BCUT2D eigenvalue weighted by Gasteiger charge is -2.17. The third-order valence-corrected chi connectivity index (χ3v) is 4.45. The van der Waals surface area contributed by atoms with E-state index in [2.05, 4.69) is 13.0 Å². The average molecular weight is 201 g/mol. The lowest BCUT2D eigenvalue weighted by molar-refractivity contribution is 0.400. The summed E-state index contributed by atoms with van der Waals surface area (Å²) in [7, 11) is -2.92. The van der Waals surface area contributed by atoms with Crippen LogP contribution in [-0.2, 0) is 9.84 Å². The van der Waals surface area contributed by atoms with Gasteiger partial charge in [-0.05, 0) is 12.8 Å². The summed E-state index contributed by atoms with van der Waals surface area (Å²) in [5.41, 5.74) is -0.561. The third kappa shape index (κ3) is 2.44. The Bertz CT molecular complexity index is 315. The van der Waals surface area contributed by atoms with Gasteiger partial charge in [-0.15, -0.1) is 0 Å². The summed E-state index contributed by atoms with van der Waals surface area (Å²) < 4.78 is 22.4. The molecule has 74 valence electrons. The second-order valence-corrected chi connectivity index (χ2v) is 6.02. The summed E-state index contributed by atoms with van der Waals surface area (Å²) in [4.78, 5) is 0. The largest absolute Gasteiger partial charge is 0.229 e. The van der Waals surface area contributed by atoms with Crippen LogP contribution in [0.1, 0.15) is 32.6 Å². The Hall–Kier alpha value is -0.560. The van der Waals surface area contributed by atoms with Crippen LogP contribution in [0.5, 0.6) is 0 Å². The van der Waals surface area contributed by atoms with Gasteiger partial charge in [0.1, 0.15) is 0 Å². The van der Waals surface area contributed by atoms with Crippen LogP contribution in [0.4, 0.5) is 0 Å². The highest BCUT2D eigenvalue weighted by molar-refractivity contribution is 7.91. The molecule has 0 aliphatic carbocycles. The second-order valence-electron chi connectivity index (χ2n) is 3.84. The Labute approximate surface area is 79.7 Å². The molecular weight excluding hydrogens is 186 g/mol. The summed E-state index contributed by atoms with van der Waals surface area (Å²) >= 11 is 0. The second kappa shape index (κ2) is 3.67. The molecule has 0 bridgehead atoms. The quantitative estimate of drug-likeness (QED) is 0.695. The van der Waals surface area contributed by atoms with E-state index in [-0.39, 0.29) is 11.5 Å². The lowest BCUT2D eigenvalue weighted by Crippen LogP contribution is -2.19. The van der Waals surface area contributed by atoms with Gasteiger partial charge in [0, 0.05) is 0 Å². The minimum absolute atomic E-state index is 0.0799. The number of hydrogen-bond acceptors (Lipinski definition) is 3. The number of nitriles is 1. The van der Waals surface area contributed by atoms with Crippen LogP contribution >= 0.6 is 0 Å². The van der Waals surface area contributed by atoms with Gasteiger partial charge in [0.25, 0.3) is 0 Å². The Morgan fingerprint density at radius 1 is 1.54 bits per heavy atom. The molecule has 1 aliphatic rings. The highest BCUT2D eigenvalue weighted by atomic mass is 32.2. The molecule has 0 aromatic carbocycles. The summed E-state index contributed by atoms with van der Waals surface area (Å²) in [6, 6.07) is 2.19. The Kier molecular flexibility index (Phi) is 2.97. The highest BCUT2D eigenvalue weighted by Crippen LogP contribution is 2.36. The van der Waals surface area contributed by atoms with Crippen molar-refractivity contribution in [3.05, 3.63) is 0 Å². The van der Waals surface area contributed by atoms with E-state index in [9.17, 15) is 8.42 Å². The fraction of sp³-hybridized carbons (Fsp3) is 0.889. The third-order valence-electron chi connectivity index (χ3n) is 2.63. The molecule has 13 heavy (non-hydrogen) atoms. The predicted molar refractivity (Wildman–Crippen MR) is 50.8 cm³/mol. The number of sulfone groups is 1. The first-order chi connectivity index (χ1) is 6.04. The monoisotopic (exact) mass is 201 g/mol. The maximum absolute atomic E-state index is 11.2. The molecule has 0 spiro atoms. The van der Waals surface area contributed by atoms with Crippen LogP contribution in [0.15, 0.2) is 0 Å². The zero-order valence-electron chi connectivity index (χ0n) is 7.91. The number of rotatable bonds is 3. The summed E-state index contributed by atoms with van der Waals surface area (Å²) in [5.74, 6) is 0.279. The van der Waals surface area contributed by atoms with Crippen molar-refractivity contribution in [2.75, 3.05) is 11.5 Å². The van der Waals surface area contributed by atoms with Crippen molar-refractivity contribution in [3.63, 3.8) is 0 Å². The van der Waals surface area contributed by atoms with E-state index in [4.69, 9.17) is 5.26 Å². The highest BCUT2D eigenvalue weighted by Gasteiger charge is 2.41. The zero-order valence-corrected chi connectivity index (χ0v) is 8.73. The molecule has 0 aromatic rings. The minimum atomic E-state index is -2.92. The van der Waals surface area contributed by atoms with Gasteiger partial charge in [0.05, 0.1) is 23.0 Å². The fourth-order valence-electron chi connectivity index (χ4n) is 1.77. The van der Waals surface area contributed by atoms with Gasteiger partial charge < -0.3 is 0 Å². The van der Waals surface area contributed by atoms with Gasteiger partial charge in [-0.1, -0.05) is 19.8 Å². The first kappa shape index (κ1) is 10.5. The molecule has 0 aromatic heterocycles. The van der Waals surface area contributed by atoms with Crippen LogP contribution in [0.2, 0.25) is 0 Å². The molecule has 0 radical (unpaired) electrons. The van der Waals surface area contributed by atoms with E-state index in [0.29, 0.717) is 6.42 Å². The van der Waals surface area contributed by atoms with Crippen molar-refractivity contribution in [1.82, 2.24) is 0 Å². The first-order valence-corrected chi connectivity index (χ1v) is 6.47. The summed E-state index contributed by atoms with van der Waals surface area (Å²) in [6.07, 6.45) is 3.23. The lowest BCUT2D eigenvalue weighted by atomic mass is 9.84. The van der Waals surface area contributed by atoms with Crippen molar-refractivity contribution < 1.29 is 8.42 Å². The standard InChI is InChI=1S/C9H15NO2S/c1-2-3-4-9(7-10)5-6-13(11,12)8-9/h2-6,8H2,1H3. The van der Waals surface area contributed by atoms with E-state index < -0.39 is 15.3 Å². The Balaban J connectivity index is 2.70. The molecule has 0 N–H and O–H groups in total. The van der Waals surface area contributed by atoms with Gasteiger partial charge >= 0.3 is 0 Å². The average Bonchev–Trinajstić information content (AvgIpc) is 2.40. The number of hydrogen-bond donors (Lipinski definition) is 0. The molecular formula is C9H15NO2S. The van der Waals surface area contributed by atoms with E-state index in [1.807, 2.05) is 0 Å². The number of unbranched alkanes of at least 4 members (excludes halogenated alkanes) is 1. The summed E-state index contributed by atoms with van der Waals surface area (Å²) in [5, 5.41) is 8.96. The molecule has 3 nitrogen and oxygen atoms in total. The predicted octanol–water partition coefficient (Wildman–Crippen LogP) is 1.51. The molecule has 1 saturated heterocycles. The molecule has 1 atom stereocenters. The van der Waals surface area contributed by atoms with Crippen molar-refractivity contribution in [1.29, 1.82) is 5.26 Å². The minimum Gasteiger partial charge on any atom is -0.229 e. The van der Waals surface area contributed by atoms with Crippen molar-refractivity contribution in [2.45, 2.75) is 32.6 Å². The van der Waals surface area contributed by atoms with Crippen LogP contribution in [0.3, 0.4) is 0 Å². The maximum atomic E-state index is 11.2. The molecule has 1 unspecified atom stereocenters. The van der Waals surface area contributed by atoms with E-state index >= 15 is 0 Å². The van der Waals surface area contributed by atoms with Crippen LogP contribution in [-0.4, -0.2) is 19.9 Å². The zero-order chi connectivity index (χ0) is 9.95. The van der Waals surface area contributed by atoms with Gasteiger partial charge in [-0.25, -0.2) is 8.42 Å². The summed E-state index contributed by atoms with van der Waals surface area (Å²) in [6.45, 7) is 2.05. The van der Waals surface area contributed by atoms with E-state index in [0.717, 1.165) is 19.3 Å². The normalized spacial score (nSPS) is 31.4. The smallest absolute Gasteiger partial charge is 0.151 e. The van der Waals surface area contributed by atoms with Crippen LogP contribution in [0, 0.1) is 16.7 Å².